The van der Waals surface area contributed by atoms with Crippen LogP contribution in [0.25, 0.3) is 0 Å². The summed E-state index contributed by atoms with van der Waals surface area (Å²) >= 11 is 0. The lowest BCUT2D eigenvalue weighted by molar-refractivity contribution is -0.0508. The van der Waals surface area contributed by atoms with E-state index in [4.69, 9.17) is 0 Å². The van der Waals surface area contributed by atoms with Crippen molar-refractivity contribution in [1.29, 1.82) is 0 Å². The first kappa shape index (κ1) is 13.8. The fourth-order valence-corrected chi connectivity index (χ4v) is 5.96. The fourth-order valence-electron chi connectivity index (χ4n) is 5.96. The Hall–Kier alpha value is -0.890. The number of likely N-dealkylation sites (N-methyl/N-ethyl adjacent to an activating group) is 1. The van der Waals surface area contributed by atoms with E-state index in [1.54, 1.807) is 12.1 Å². The van der Waals surface area contributed by atoms with Crippen LogP contribution in [0.2, 0.25) is 0 Å². The summed E-state index contributed by atoms with van der Waals surface area (Å²) in [6, 6.07) is 7.74. The third-order valence-electron chi connectivity index (χ3n) is 6.53. The van der Waals surface area contributed by atoms with E-state index >= 15 is 0 Å². The van der Waals surface area contributed by atoms with Gasteiger partial charge < -0.3 is 5.32 Å². The van der Waals surface area contributed by atoms with Crippen LogP contribution in [-0.4, -0.2) is 13.1 Å². The molecule has 114 valence electrons. The Balaban J connectivity index is 1.55. The molecule has 0 saturated heterocycles. The second-order valence-electron chi connectivity index (χ2n) is 7.70. The van der Waals surface area contributed by atoms with Crippen molar-refractivity contribution in [2.24, 2.45) is 29.6 Å². The summed E-state index contributed by atoms with van der Waals surface area (Å²) in [6.45, 7) is 0. The maximum absolute atomic E-state index is 14.0. The van der Waals surface area contributed by atoms with Gasteiger partial charge in [0.15, 0.2) is 0 Å². The van der Waals surface area contributed by atoms with Gasteiger partial charge in [-0.25, -0.2) is 4.39 Å². The first-order valence-corrected chi connectivity index (χ1v) is 8.65. The average molecular weight is 287 g/mol. The van der Waals surface area contributed by atoms with Crippen LogP contribution in [0, 0.1) is 35.4 Å². The molecule has 1 aromatic carbocycles. The molecule has 4 fully saturated rings. The molecule has 0 spiro atoms. The van der Waals surface area contributed by atoms with Gasteiger partial charge in [-0.05, 0) is 86.8 Å². The van der Waals surface area contributed by atoms with Crippen molar-refractivity contribution in [2.75, 3.05) is 7.05 Å². The Morgan fingerprint density at radius 2 is 1.67 bits per heavy atom. The molecule has 1 atom stereocenters. The van der Waals surface area contributed by atoms with Gasteiger partial charge in [0.25, 0.3) is 0 Å². The summed E-state index contributed by atoms with van der Waals surface area (Å²) in [7, 11) is 2.07. The van der Waals surface area contributed by atoms with Crippen LogP contribution in [-0.2, 0) is 6.42 Å². The highest BCUT2D eigenvalue weighted by atomic mass is 19.1. The number of rotatable bonds is 4. The van der Waals surface area contributed by atoms with Crippen LogP contribution in [0.3, 0.4) is 0 Å². The van der Waals surface area contributed by atoms with Crippen LogP contribution >= 0.6 is 0 Å². The number of hydrogen-bond acceptors (Lipinski definition) is 1. The number of hydrogen-bond donors (Lipinski definition) is 1. The smallest absolute Gasteiger partial charge is 0.126 e. The number of halogens is 1. The molecule has 4 bridgehead atoms. The van der Waals surface area contributed by atoms with Crippen LogP contribution in [0.4, 0.5) is 4.39 Å². The molecule has 1 aromatic rings. The van der Waals surface area contributed by atoms with Gasteiger partial charge in [-0.2, -0.15) is 0 Å². The van der Waals surface area contributed by atoms with Gasteiger partial charge in [-0.15, -0.1) is 0 Å². The Labute approximate surface area is 127 Å². The molecule has 0 aromatic heterocycles. The highest BCUT2D eigenvalue weighted by molar-refractivity contribution is 5.19. The Bertz CT molecular complexity index is 484. The van der Waals surface area contributed by atoms with E-state index in [2.05, 4.69) is 12.4 Å². The zero-order valence-electron chi connectivity index (χ0n) is 12.9. The molecule has 0 radical (unpaired) electrons. The first-order valence-electron chi connectivity index (χ1n) is 8.65. The van der Waals surface area contributed by atoms with E-state index in [-0.39, 0.29) is 5.82 Å². The minimum absolute atomic E-state index is 0.0402. The SMILES string of the molecule is CNC(Cc1ccccc1F)C1C2CC3CC(C2)CC1C3. The lowest BCUT2D eigenvalue weighted by atomic mass is 9.50. The molecule has 4 aliphatic carbocycles. The molecule has 1 nitrogen and oxygen atoms in total. The standard InChI is InChI=1S/C19H26FN/c1-21-18(11-14-4-2-3-5-17(14)20)19-15-7-12-6-13(9-15)10-16(19)8-12/h2-5,12-13,15-16,18-19,21H,6-11H2,1H3. The van der Waals surface area contributed by atoms with Gasteiger partial charge in [-0.1, -0.05) is 18.2 Å². The zero-order valence-corrected chi connectivity index (χ0v) is 12.9. The Morgan fingerprint density at radius 3 is 2.24 bits per heavy atom. The van der Waals surface area contributed by atoms with Gasteiger partial charge in [-0.3, -0.25) is 0 Å². The third-order valence-corrected chi connectivity index (χ3v) is 6.53. The maximum Gasteiger partial charge on any atom is 0.126 e. The summed E-state index contributed by atoms with van der Waals surface area (Å²) in [4.78, 5) is 0. The normalized spacial score (nSPS) is 38.7. The van der Waals surface area contributed by atoms with Crippen molar-refractivity contribution >= 4 is 0 Å². The van der Waals surface area contributed by atoms with Crippen LogP contribution in [0.15, 0.2) is 24.3 Å². The Kier molecular flexibility index (Phi) is 3.53. The summed E-state index contributed by atoms with van der Waals surface area (Å²) in [6.07, 6.45) is 8.09. The van der Waals surface area contributed by atoms with Crippen molar-refractivity contribution < 1.29 is 4.39 Å². The van der Waals surface area contributed by atoms with E-state index in [0.29, 0.717) is 6.04 Å². The van der Waals surface area contributed by atoms with Gasteiger partial charge >= 0.3 is 0 Å². The number of benzene rings is 1. The quantitative estimate of drug-likeness (QED) is 0.881. The summed E-state index contributed by atoms with van der Waals surface area (Å²) < 4.78 is 14.0. The molecule has 0 heterocycles. The van der Waals surface area contributed by atoms with Crippen LogP contribution < -0.4 is 5.32 Å². The molecule has 1 unspecified atom stereocenters. The van der Waals surface area contributed by atoms with E-state index in [9.17, 15) is 4.39 Å². The zero-order chi connectivity index (χ0) is 14.4. The lowest BCUT2D eigenvalue weighted by Crippen LogP contribution is -2.53. The largest absolute Gasteiger partial charge is 0.316 e. The van der Waals surface area contributed by atoms with Crippen molar-refractivity contribution in [2.45, 2.75) is 44.6 Å². The third kappa shape index (κ3) is 2.42. The van der Waals surface area contributed by atoms with Crippen molar-refractivity contribution in [3.8, 4) is 0 Å². The van der Waals surface area contributed by atoms with Gasteiger partial charge in [0, 0.05) is 6.04 Å². The van der Waals surface area contributed by atoms with E-state index in [1.165, 1.54) is 32.1 Å². The second kappa shape index (κ2) is 5.39. The topological polar surface area (TPSA) is 12.0 Å². The molecule has 4 saturated carbocycles. The Morgan fingerprint density at radius 1 is 1.05 bits per heavy atom. The highest BCUT2D eigenvalue weighted by Crippen LogP contribution is 2.57. The molecule has 21 heavy (non-hydrogen) atoms. The highest BCUT2D eigenvalue weighted by Gasteiger charge is 2.50. The minimum atomic E-state index is -0.0402. The van der Waals surface area contributed by atoms with Crippen molar-refractivity contribution in [3.63, 3.8) is 0 Å². The van der Waals surface area contributed by atoms with E-state index in [1.807, 2.05) is 12.1 Å². The van der Waals surface area contributed by atoms with Gasteiger partial charge in [0.05, 0.1) is 0 Å². The fraction of sp³-hybridized carbons (Fsp3) is 0.684. The predicted molar refractivity (Wildman–Crippen MR) is 83.5 cm³/mol. The summed E-state index contributed by atoms with van der Waals surface area (Å²) in [5.41, 5.74) is 0.880. The predicted octanol–water partition coefficient (Wildman–Crippen LogP) is 4.03. The van der Waals surface area contributed by atoms with Crippen molar-refractivity contribution in [1.82, 2.24) is 5.32 Å². The molecular formula is C19H26FN. The average Bonchev–Trinajstić information content (AvgIpc) is 2.47. The van der Waals surface area contributed by atoms with Crippen LogP contribution in [0.5, 0.6) is 0 Å². The maximum atomic E-state index is 14.0. The van der Waals surface area contributed by atoms with Crippen LogP contribution in [0.1, 0.15) is 37.7 Å². The summed E-state index contributed by atoms with van der Waals surface area (Å²) in [5.74, 6) is 4.53. The molecule has 1 N–H and O–H groups in total. The van der Waals surface area contributed by atoms with E-state index in [0.717, 1.165) is 41.6 Å². The van der Waals surface area contributed by atoms with Gasteiger partial charge in [0.2, 0.25) is 0 Å². The van der Waals surface area contributed by atoms with Crippen molar-refractivity contribution in [3.05, 3.63) is 35.6 Å². The molecule has 2 heteroatoms. The molecular weight excluding hydrogens is 261 g/mol. The lowest BCUT2D eigenvalue weighted by Gasteiger charge is -2.56. The molecule has 0 aliphatic heterocycles. The van der Waals surface area contributed by atoms with E-state index < -0.39 is 0 Å². The van der Waals surface area contributed by atoms with Gasteiger partial charge in [0.1, 0.15) is 5.82 Å². The first-order chi connectivity index (χ1) is 10.2. The summed E-state index contributed by atoms with van der Waals surface area (Å²) in [5, 5.41) is 3.54. The molecule has 0 amide bonds. The molecule has 4 aliphatic rings. The monoisotopic (exact) mass is 287 g/mol. The number of nitrogens with one attached hydrogen (secondary N) is 1. The minimum Gasteiger partial charge on any atom is -0.316 e. The second-order valence-corrected chi connectivity index (χ2v) is 7.70. The molecule has 5 rings (SSSR count).